The molecular weight excluding hydrogens is 735 g/mol. The summed E-state index contributed by atoms with van der Waals surface area (Å²) in [4.78, 5) is 16.6. The van der Waals surface area contributed by atoms with E-state index in [2.05, 4.69) is 87.5 Å². The number of para-hydroxylation sites is 2. The van der Waals surface area contributed by atoms with Gasteiger partial charge in [-0.25, -0.2) is 0 Å². The maximum atomic E-state index is 11.5. The third-order valence-electron chi connectivity index (χ3n) is 7.83. The summed E-state index contributed by atoms with van der Waals surface area (Å²) in [5.74, 6) is 0.104. The van der Waals surface area contributed by atoms with Crippen molar-refractivity contribution in [2.45, 2.75) is 67.7 Å². The molecule has 0 fully saturated rings. The fraction of sp³-hybridized carbons (Fsp3) is 0.300. The summed E-state index contributed by atoms with van der Waals surface area (Å²) in [6.07, 6.45) is 1.33. The van der Waals surface area contributed by atoms with E-state index in [1.165, 1.54) is 17.0 Å². The Bertz CT molecular complexity index is 2050. The Hall–Kier alpha value is -3.79. The predicted molar refractivity (Wildman–Crippen MR) is 184 cm³/mol. The number of hydrogen-bond donors (Lipinski definition) is 1. The van der Waals surface area contributed by atoms with Gasteiger partial charge in [0.05, 0.1) is 5.52 Å². The van der Waals surface area contributed by atoms with Gasteiger partial charge in [0.1, 0.15) is 16.9 Å². The number of pyridine rings is 1. The minimum Gasteiger partial charge on any atom is -0.512 e. The van der Waals surface area contributed by atoms with Gasteiger partial charge >= 0.3 is 0 Å². The summed E-state index contributed by atoms with van der Waals surface area (Å²) in [6, 6.07) is 30.9. The summed E-state index contributed by atoms with van der Waals surface area (Å²) in [5.41, 5.74) is 5.01. The summed E-state index contributed by atoms with van der Waals surface area (Å²) in [5, 5.41) is 15.3. The van der Waals surface area contributed by atoms with E-state index in [1.807, 2.05) is 59.7 Å². The fourth-order valence-electron chi connectivity index (χ4n) is 5.15. The van der Waals surface area contributed by atoms with Gasteiger partial charge in [-0.15, -0.1) is 29.1 Å². The number of carbonyl (C=O) groups excluding carboxylic acids is 1. The summed E-state index contributed by atoms with van der Waals surface area (Å²) < 4.78 is 6.40. The zero-order chi connectivity index (χ0) is 32.0. The van der Waals surface area contributed by atoms with Crippen LogP contribution in [0.3, 0.4) is 0 Å². The van der Waals surface area contributed by atoms with Crippen molar-refractivity contribution in [1.29, 1.82) is 0 Å². The van der Waals surface area contributed by atoms with Crippen LogP contribution in [0.2, 0.25) is 0 Å². The predicted octanol–water partition coefficient (Wildman–Crippen LogP) is 11.1. The maximum Gasteiger partial charge on any atom is 0.164 e. The second kappa shape index (κ2) is 12.5. The molecule has 45 heavy (non-hydrogen) atoms. The number of carbonyl (C=O) groups is 1. The van der Waals surface area contributed by atoms with Crippen LogP contribution >= 0.6 is 0 Å². The van der Waals surface area contributed by atoms with Crippen LogP contribution in [0.1, 0.15) is 67.9 Å². The molecule has 5 heteroatoms. The van der Waals surface area contributed by atoms with Crippen LogP contribution in [0.15, 0.2) is 95.1 Å². The Kier molecular flexibility index (Phi) is 9.50. The molecule has 4 aromatic carbocycles. The van der Waals surface area contributed by atoms with Crippen molar-refractivity contribution in [2.75, 3.05) is 0 Å². The van der Waals surface area contributed by atoms with Crippen LogP contribution < -0.4 is 0 Å². The van der Waals surface area contributed by atoms with Crippen LogP contribution in [0, 0.1) is 16.9 Å². The Morgan fingerprint density at radius 1 is 0.778 bits per heavy atom. The van der Waals surface area contributed by atoms with Gasteiger partial charge < -0.3 is 9.52 Å². The first-order chi connectivity index (χ1) is 20.6. The van der Waals surface area contributed by atoms with Gasteiger partial charge in [-0.05, 0) is 17.5 Å². The van der Waals surface area contributed by atoms with E-state index in [1.54, 1.807) is 0 Å². The van der Waals surface area contributed by atoms with Crippen molar-refractivity contribution >= 4 is 49.4 Å². The number of allylic oxidation sites excluding steroid dienone is 2. The van der Waals surface area contributed by atoms with Gasteiger partial charge in [-0.3, -0.25) is 9.78 Å². The maximum absolute atomic E-state index is 11.5. The SMILES string of the molecule is CC(C)(C)C(=O)/C=C(\O)C(C)(C)C.CC(C)(C)c1cc(-c2nc3ccccc3c3c2oc2ccccc23)[c-]c2ccccc12.[Ir]. The number of ketones is 1. The van der Waals surface area contributed by atoms with Gasteiger partial charge in [0, 0.05) is 58.9 Å². The quantitative estimate of drug-likeness (QED) is 0.108. The van der Waals surface area contributed by atoms with Gasteiger partial charge in [0.25, 0.3) is 0 Å². The molecule has 6 aromatic rings. The summed E-state index contributed by atoms with van der Waals surface area (Å²) in [7, 11) is 0. The van der Waals surface area contributed by atoms with Crippen molar-refractivity contribution < 1.29 is 34.4 Å². The van der Waals surface area contributed by atoms with Crippen molar-refractivity contribution in [3.8, 4) is 11.3 Å². The van der Waals surface area contributed by atoms with E-state index in [9.17, 15) is 9.90 Å². The zero-order valence-corrected chi connectivity index (χ0v) is 30.0. The first kappa shape index (κ1) is 34.1. The molecule has 0 spiro atoms. The summed E-state index contributed by atoms with van der Waals surface area (Å²) in [6.45, 7) is 17.9. The molecule has 0 aliphatic heterocycles. The van der Waals surface area contributed by atoms with Crippen molar-refractivity contribution in [3.05, 3.63) is 102 Å². The second-order valence-corrected chi connectivity index (χ2v) is 14.6. The fourth-order valence-corrected chi connectivity index (χ4v) is 5.15. The second-order valence-electron chi connectivity index (χ2n) is 14.6. The number of aliphatic hydroxyl groups is 1. The van der Waals surface area contributed by atoms with E-state index in [-0.39, 0.29) is 42.5 Å². The molecule has 0 aliphatic carbocycles. The largest absolute Gasteiger partial charge is 0.512 e. The van der Waals surface area contributed by atoms with Crippen molar-refractivity contribution in [3.63, 3.8) is 0 Å². The average Bonchev–Trinajstić information content (AvgIpc) is 3.35. The van der Waals surface area contributed by atoms with Gasteiger partial charge in [0.15, 0.2) is 5.78 Å². The van der Waals surface area contributed by atoms with Crippen LogP contribution in [-0.4, -0.2) is 15.9 Å². The standard InChI is InChI=1S/C29H22NO.C11H20O2.Ir/c1-29(2,3)23-17-19(16-18-10-4-5-11-20(18)23)27-28-26(21-12-6-8-14-24(21)30-27)22-13-7-9-15-25(22)31-28;1-10(2,3)8(12)7-9(13)11(4,5)6;/h4-15,17H,1-3H3;7,12H,1-6H3;/q-1;;/b;8-7-;. The van der Waals surface area contributed by atoms with E-state index in [0.717, 1.165) is 49.5 Å². The monoisotopic (exact) mass is 777 g/mol. The van der Waals surface area contributed by atoms with Crippen LogP contribution in [0.4, 0.5) is 0 Å². The molecule has 0 saturated heterocycles. The molecule has 1 N–H and O–H groups in total. The van der Waals surface area contributed by atoms with Gasteiger partial charge in [-0.1, -0.05) is 128 Å². The average molecular weight is 777 g/mol. The molecular formula is C40H42IrNO3-. The van der Waals surface area contributed by atoms with Crippen molar-refractivity contribution in [1.82, 2.24) is 4.98 Å². The van der Waals surface area contributed by atoms with Gasteiger partial charge in [0.2, 0.25) is 0 Å². The molecule has 0 atom stereocenters. The molecule has 2 aromatic heterocycles. The van der Waals surface area contributed by atoms with Gasteiger partial charge in [-0.2, -0.15) is 0 Å². The molecule has 0 aliphatic rings. The van der Waals surface area contributed by atoms with E-state index in [0.29, 0.717) is 0 Å². The molecule has 0 bridgehead atoms. The van der Waals surface area contributed by atoms with E-state index in [4.69, 9.17) is 9.40 Å². The third-order valence-corrected chi connectivity index (χ3v) is 7.83. The smallest absolute Gasteiger partial charge is 0.164 e. The molecule has 1 radical (unpaired) electrons. The molecule has 235 valence electrons. The Morgan fingerprint density at radius 2 is 1.36 bits per heavy atom. The molecule has 0 unspecified atom stereocenters. The molecule has 6 rings (SSSR count). The van der Waals surface area contributed by atoms with Crippen LogP contribution in [0.5, 0.6) is 0 Å². The first-order valence-corrected chi connectivity index (χ1v) is 15.2. The van der Waals surface area contributed by atoms with Crippen LogP contribution in [0.25, 0.3) is 54.9 Å². The number of aliphatic hydroxyl groups excluding tert-OH is 1. The number of benzene rings is 4. The molecule has 0 amide bonds. The summed E-state index contributed by atoms with van der Waals surface area (Å²) >= 11 is 0. The number of fused-ring (bicyclic) bond motifs is 6. The van der Waals surface area contributed by atoms with E-state index >= 15 is 0 Å². The number of aromatic nitrogens is 1. The minimum absolute atomic E-state index is 0. The minimum atomic E-state index is -0.417. The van der Waals surface area contributed by atoms with Crippen molar-refractivity contribution in [2.24, 2.45) is 10.8 Å². The normalized spacial score (nSPS) is 12.7. The molecule has 2 heterocycles. The Balaban J connectivity index is 0.000000283. The van der Waals surface area contributed by atoms with Crippen LogP contribution in [-0.2, 0) is 30.3 Å². The number of furan rings is 1. The number of nitrogens with zero attached hydrogens (tertiary/aromatic N) is 1. The Morgan fingerprint density at radius 3 is 1.98 bits per heavy atom. The molecule has 0 saturated carbocycles. The third kappa shape index (κ3) is 7.06. The zero-order valence-electron chi connectivity index (χ0n) is 27.6. The van der Waals surface area contributed by atoms with E-state index < -0.39 is 5.41 Å². The molecule has 4 nitrogen and oxygen atoms in total. The first-order valence-electron chi connectivity index (χ1n) is 15.2. The number of hydrogen-bond acceptors (Lipinski definition) is 4. The Labute approximate surface area is 279 Å². The number of rotatable bonds is 2. The topological polar surface area (TPSA) is 63.3 Å².